The highest BCUT2D eigenvalue weighted by molar-refractivity contribution is 5.99. The number of aromatic hydroxyl groups is 1. The number of nitrogens with two attached hydrogens (primary N) is 1. The Labute approximate surface area is 107 Å². The lowest BCUT2D eigenvalue weighted by atomic mass is 10.1. The molecule has 1 aliphatic rings. The summed E-state index contributed by atoms with van der Waals surface area (Å²) in [6, 6.07) is 4.63. The number of piperazine rings is 1. The maximum Gasteiger partial charge on any atom is 0.256 e. The van der Waals surface area contributed by atoms with Crippen molar-refractivity contribution in [1.29, 1.82) is 0 Å². The van der Waals surface area contributed by atoms with Gasteiger partial charge in [0.05, 0.1) is 5.56 Å². The van der Waals surface area contributed by atoms with Crippen LogP contribution in [-0.2, 0) is 0 Å². The Balaban J connectivity index is 2.23. The number of nitrogen functional groups attached to an aromatic ring is 1. The van der Waals surface area contributed by atoms with Crippen LogP contribution in [0.15, 0.2) is 18.2 Å². The molecule has 5 heteroatoms. The SMILES string of the molecule is CC1CN(C)CCN1C(=O)c1cc(O)ccc1N. The number of phenols is 1. The van der Waals surface area contributed by atoms with Gasteiger partial charge in [0, 0.05) is 31.4 Å². The molecule has 0 saturated carbocycles. The maximum absolute atomic E-state index is 12.4. The molecule has 0 aliphatic carbocycles. The minimum atomic E-state index is -0.107. The molecule has 1 aliphatic heterocycles. The van der Waals surface area contributed by atoms with Crippen molar-refractivity contribution in [2.45, 2.75) is 13.0 Å². The van der Waals surface area contributed by atoms with Gasteiger partial charge in [-0.05, 0) is 32.2 Å². The minimum Gasteiger partial charge on any atom is -0.508 e. The third-order valence-electron chi connectivity index (χ3n) is 3.36. The average Bonchev–Trinajstić information content (AvgIpc) is 2.31. The van der Waals surface area contributed by atoms with E-state index in [9.17, 15) is 9.90 Å². The van der Waals surface area contributed by atoms with E-state index in [2.05, 4.69) is 4.90 Å². The molecule has 1 heterocycles. The number of likely N-dealkylation sites (N-methyl/N-ethyl adjacent to an activating group) is 1. The van der Waals surface area contributed by atoms with E-state index >= 15 is 0 Å². The van der Waals surface area contributed by atoms with Crippen LogP contribution in [0.5, 0.6) is 5.75 Å². The predicted octanol–water partition coefficient (Wildman–Crippen LogP) is 0.751. The third-order valence-corrected chi connectivity index (χ3v) is 3.36. The van der Waals surface area contributed by atoms with Gasteiger partial charge in [-0.25, -0.2) is 0 Å². The van der Waals surface area contributed by atoms with E-state index in [-0.39, 0.29) is 17.7 Å². The molecule has 2 rings (SSSR count). The number of carbonyl (C=O) groups excluding carboxylic acids is 1. The van der Waals surface area contributed by atoms with Gasteiger partial charge in [0.2, 0.25) is 0 Å². The smallest absolute Gasteiger partial charge is 0.256 e. The summed E-state index contributed by atoms with van der Waals surface area (Å²) in [5, 5.41) is 9.46. The fraction of sp³-hybridized carbons (Fsp3) is 0.462. The van der Waals surface area contributed by atoms with E-state index in [1.807, 2.05) is 18.9 Å². The first-order valence-electron chi connectivity index (χ1n) is 6.07. The van der Waals surface area contributed by atoms with E-state index in [0.717, 1.165) is 13.1 Å². The molecule has 18 heavy (non-hydrogen) atoms. The Bertz CT molecular complexity index is 462. The fourth-order valence-electron chi connectivity index (χ4n) is 2.33. The van der Waals surface area contributed by atoms with Crippen LogP contribution in [0.4, 0.5) is 5.69 Å². The van der Waals surface area contributed by atoms with Gasteiger partial charge in [-0.1, -0.05) is 0 Å². The van der Waals surface area contributed by atoms with Gasteiger partial charge in [-0.15, -0.1) is 0 Å². The van der Waals surface area contributed by atoms with Gasteiger partial charge in [0.1, 0.15) is 5.75 Å². The first kappa shape index (κ1) is 12.7. The molecule has 5 nitrogen and oxygen atoms in total. The second kappa shape index (κ2) is 4.86. The van der Waals surface area contributed by atoms with Crippen LogP contribution in [0.2, 0.25) is 0 Å². The Hall–Kier alpha value is -1.75. The monoisotopic (exact) mass is 249 g/mol. The van der Waals surface area contributed by atoms with Crippen molar-refractivity contribution in [1.82, 2.24) is 9.80 Å². The van der Waals surface area contributed by atoms with Crippen molar-refractivity contribution in [2.24, 2.45) is 0 Å². The van der Waals surface area contributed by atoms with Crippen LogP contribution in [0.25, 0.3) is 0 Å². The summed E-state index contributed by atoms with van der Waals surface area (Å²) in [6.45, 7) is 4.41. The molecule has 0 radical (unpaired) electrons. The van der Waals surface area contributed by atoms with Crippen LogP contribution >= 0.6 is 0 Å². The summed E-state index contributed by atoms with van der Waals surface area (Å²) in [4.78, 5) is 16.4. The Kier molecular flexibility index (Phi) is 3.43. The molecule has 1 unspecified atom stereocenters. The van der Waals surface area contributed by atoms with E-state index < -0.39 is 0 Å². The highest BCUT2D eigenvalue weighted by Gasteiger charge is 2.27. The second-order valence-electron chi connectivity index (χ2n) is 4.88. The Morgan fingerprint density at radius 2 is 2.17 bits per heavy atom. The van der Waals surface area contributed by atoms with Gasteiger partial charge >= 0.3 is 0 Å². The number of rotatable bonds is 1. The van der Waals surface area contributed by atoms with Crippen molar-refractivity contribution >= 4 is 11.6 Å². The Morgan fingerprint density at radius 1 is 1.44 bits per heavy atom. The third kappa shape index (κ3) is 2.41. The lowest BCUT2D eigenvalue weighted by molar-refractivity contribution is 0.0534. The van der Waals surface area contributed by atoms with Gasteiger partial charge in [-0.2, -0.15) is 0 Å². The predicted molar refractivity (Wildman–Crippen MR) is 70.5 cm³/mol. The zero-order valence-electron chi connectivity index (χ0n) is 10.8. The lowest BCUT2D eigenvalue weighted by Gasteiger charge is -2.38. The summed E-state index contributed by atoms with van der Waals surface area (Å²) in [5.41, 5.74) is 6.59. The van der Waals surface area contributed by atoms with Crippen molar-refractivity contribution in [3.8, 4) is 5.75 Å². The quantitative estimate of drug-likeness (QED) is 0.569. The molecule has 0 bridgehead atoms. The molecule has 1 fully saturated rings. The summed E-state index contributed by atoms with van der Waals surface area (Å²) in [6.07, 6.45) is 0. The first-order chi connectivity index (χ1) is 8.49. The number of hydrogen-bond acceptors (Lipinski definition) is 4. The number of carbonyl (C=O) groups is 1. The van der Waals surface area contributed by atoms with Crippen LogP contribution in [0.3, 0.4) is 0 Å². The van der Waals surface area contributed by atoms with Crippen LogP contribution in [0, 0.1) is 0 Å². The molecular formula is C13H19N3O2. The highest BCUT2D eigenvalue weighted by Crippen LogP contribution is 2.22. The van der Waals surface area contributed by atoms with Crippen molar-refractivity contribution in [3.63, 3.8) is 0 Å². The average molecular weight is 249 g/mol. The van der Waals surface area contributed by atoms with E-state index in [1.165, 1.54) is 12.1 Å². The molecule has 0 aromatic heterocycles. The molecule has 0 spiro atoms. The number of hydrogen-bond donors (Lipinski definition) is 2. The first-order valence-corrected chi connectivity index (χ1v) is 6.07. The van der Waals surface area contributed by atoms with Crippen LogP contribution < -0.4 is 5.73 Å². The van der Waals surface area contributed by atoms with Crippen molar-refractivity contribution in [2.75, 3.05) is 32.4 Å². The van der Waals surface area contributed by atoms with Gasteiger partial charge < -0.3 is 20.6 Å². The van der Waals surface area contributed by atoms with E-state index in [0.29, 0.717) is 17.8 Å². The van der Waals surface area contributed by atoms with Gasteiger partial charge in [0.25, 0.3) is 5.91 Å². The molecule has 1 aromatic carbocycles. The second-order valence-corrected chi connectivity index (χ2v) is 4.88. The summed E-state index contributed by atoms with van der Waals surface area (Å²) in [5.74, 6) is -0.0432. The highest BCUT2D eigenvalue weighted by atomic mass is 16.3. The van der Waals surface area contributed by atoms with Gasteiger partial charge in [0.15, 0.2) is 0 Å². The number of benzene rings is 1. The zero-order valence-corrected chi connectivity index (χ0v) is 10.8. The number of phenolic OH excluding ortho intramolecular Hbond substituents is 1. The fourth-order valence-corrected chi connectivity index (χ4v) is 2.33. The molecule has 1 atom stereocenters. The number of amides is 1. The number of anilines is 1. The van der Waals surface area contributed by atoms with Gasteiger partial charge in [-0.3, -0.25) is 4.79 Å². The number of nitrogens with zero attached hydrogens (tertiary/aromatic N) is 2. The summed E-state index contributed by atoms with van der Waals surface area (Å²) < 4.78 is 0. The maximum atomic E-state index is 12.4. The molecule has 1 saturated heterocycles. The lowest BCUT2D eigenvalue weighted by Crippen LogP contribution is -2.52. The molecule has 1 amide bonds. The normalized spacial score (nSPS) is 21.0. The molecule has 3 N–H and O–H groups in total. The Morgan fingerprint density at radius 3 is 2.83 bits per heavy atom. The zero-order chi connectivity index (χ0) is 13.3. The molecule has 1 aromatic rings. The van der Waals surface area contributed by atoms with Crippen LogP contribution in [0.1, 0.15) is 17.3 Å². The molecule has 98 valence electrons. The van der Waals surface area contributed by atoms with Crippen LogP contribution in [-0.4, -0.2) is 53.5 Å². The minimum absolute atomic E-state index is 0.0642. The topological polar surface area (TPSA) is 69.8 Å². The van der Waals surface area contributed by atoms with Crippen molar-refractivity contribution < 1.29 is 9.90 Å². The molecular weight excluding hydrogens is 230 g/mol. The summed E-state index contributed by atoms with van der Waals surface area (Å²) >= 11 is 0. The van der Waals surface area contributed by atoms with Crippen molar-refractivity contribution in [3.05, 3.63) is 23.8 Å². The summed E-state index contributed by atoms with van der Waals surface area (Å²) in [7, 11) is 2.04. The largest absolute Gasteiger partial charge is 0.508 e. The van der Waals surface area contributed by atoms with E-state index in [1.54, 1.807) is 6.07 Å². The standard InChI is InChI=1S/C13H19N3O2/c1-9-8-15(2)5-6-16(9)13(18)11-7-10(17)3-4-12(11)14/h3-4,7,9,17H,5-6,8,14H2,1-2H3. The van der Waals surface area contributed by atoms with E-state index in [4.69, 9.17) is 5.73 Å².